The highest BCUT2D eigenvalue weighted by atomic mass is 19.1. The standard InChI is InChI=1S/C21H24FNO3/c1-5-13-6-9-17-15(11-13)18(19(24)21(3,4)26-17)23-20(25)14-7-8-16(22)12(2)10-14/h6-11,18-19,24H,5H2,1-4H3,(H,23,25). The van der Waals surface area contributed by atoms with Crippen LogP contribution >= 0.6 is 0 Å². The summed E-state index contributed by atoms with van der Waals surface area (Å²) in [5.74, 6) is -0.0625. The summed E-state index contributed by atoms with van der Waals surface area (Å²) >= 11 is 0. The third-order valence-corrected chi connectivity index (χ3v) is 4.93. The van der Waals surface area contributed by atoms with Crippen molar-refractivity contribution >= 4 is 5.91 Å². The fourth-order valence-electron chi connectivity index (χ4n) is 3.24. The van der Waals surface area contributed by atoms with E-state index in [1.165, 1.54) is 18.2 Å². The molecule has 2 atom stereocenters. The van der Waals surface area contributed by atoms with E-state index in [2.05, 4.69) is 5.32 Å². The maximum atomic E-state index is 13.5. The van der Waals surface area contributed by atoms with Gasteiger partial charge in [-0.3, -0.25) is 4.79 Å². The first-order valence-electron chi connectivity index (χ1n) is 8.80. The van der Waals surface area contributed by atoms with Gasteiger partial charge in [-0.2, -0.15) is 0 Å². The fraction of sp³-hybridized carbons (Fsp3) is 0.381. The Kier molecular flexibility index (Phi) is 4.76. The van der Waals surface area contributed by atoms with Crippen molar-refractivity contribution in [1.82, 2.24) is 5.32 Å². The van der Waals surface area contributed by atoms with Crippen LogP contribution in [0.25, 0.3) is 0 Å². The first-order valence-corrected chi connectivity index (χ1v) is 8.80. The molecule has 0 fully saturated rings. The number of carbonyl (C=O) groups excluding carboxylic acids is 1. The lowest BCUT2D eigenvalue weighted by molar-refractivity contribution is -0.0628. The van der Waals surface area contributed by atoms with Crippen molar-refractivity contribution in [2.45, 2.75) is 51.9 Å². The smallest absolute Gasteiger partial charge is 0.251 e. The summed E-state index contributed by atoms with van der Waals surface area (Å²) in [5, 5.41) is 13.7. The zero-order valence-corrected chi connectivity index (χ0v) is 15.5. The molecular formula is C21H24FNO3. The lowest BCUT2D eigenvalue weighted by Crippen LogP contribution is -2.53. The van der Waals surface area contributed by atoms with Crippen molar-refractivity contribution in [1.29, 1.82) is 0 Å². The minimum Gasteiger partial charge on any atom is -0.485 e. The molecule has 1 heterocycles. The molecule has 0 aromatic heterocycles. The molecule has 5 heteroatoms. The zero-order chi connectivity index (χ0) is 19.1. The van der Waals surface area contributed by atoms with Crippen molar-refractivity contribution in [2.24, 2.45) is 0 Å². The van der Waals surface area contributed by atoms with Gasteiger partial charge in [0.25, 0.3) is 5.91 Å². The molecule has 2 N–H and O–H groups in total. The van der Waals surface area contributed by atoms with Crippen molar-refractivity contribution in [3.8, 4) is 5.75 Å². The molecule has 1 aliphatic rings. The highest BCUT2D eigenvalue weighted by Crippen LogP contribution is 2.40. The van der Waals surface area contributed by atoms with Gasteiger partial charge in [0, 0.05) is 11.1 Å². The normalized spacial score (nSPS) is 20.8. The molecule has 0 radical (unpaired) electrons. The molecule has 4 nitrogen and oxygen atoms in total. The number of amides is 1. The van der Waals surface area contributed by atoms with Crippen LogP contribution < -0.4 is 10.1 Å². The van der Waals surface area contributed by atoms with Crippen LogP contribution in [-0.4, -0.2) is 22.7 Å². The maximum absolute atomic E-state index is 13.5. The number of carbonyl (C=O) groups is 1. The molecule has 0 bridgehead atoms. The van der Waals surface area contributed by atoms with Crippen LogP contribution in [0.2, 0.25) is 0 Å². The third-order valence-electron chi connectivity index (χ3n) is 4.93. The van der Waals surface area contributed by atoms with Crippen molar-refractivity contribution in [3.05, 3.63) is 64.5 Å². The second-order valence-corrected chi connectivity index (χ2v) is 7.29. The van der Waals surface area contributed by atoms with Crippen LogP contribution in [0.3, 0.4) is 0 Å². The first-order chi connectivity index (χ1) is 12.2. The molecule has 0 saturated heterocycles. The number of hydrogen-bond donors (Lipinski definition) is 2. The number of fused-ring (bicyclic) bond motifs is 1. The van der Waals surface area contributed by atoms with Crippen LogP contribution in [0, 0.1) is 12.7 Å². The fourth-order valence-corrected chi connectivity index (χ4v) is 3.24. The Balaban J connectivity index is 1.97. The summed E-state index contributed by atoms with van der Waals surface area (Å²) in [6.45, 7) is 7.23. The molecule has 26 heavy (non-hydrogen) atoms. The van der Waals surface area contributed by atoms with Crippen LogP contribution in [0.5, 0.6) is 5.75 Å². The van der Waals surface area contributed by atoms with E-state index in [0.717, 1.165) is 17.5 Å². The molecule has 1 aliphatic heterocycles. The van der Waals surface area contributed by atoms with Crippen LogP contribution in [-0.2, 0) is 6.42 Å². The number of aliphatic hydroxyl groups is 1. The average molecular weight is 357 g/mol. The Hall–Kier alpha value is -2.40. The Labute approximate surface area is 153 Å². The molecule has 2 aromatic rings. The second kappa shape index (κ2) is 6.72. The van der Waals surface area contributed by atoms with E-state index < -0.39 is 17.7 Å². The van der Waals surface area contributed by atoms with E-state index in [0.29, 0.717) is 16.9 Å². The zero-order valence-electron chi connectivity index (χ0n) is 15.5. The topological polar surface area (TPSA) is 58.6 Å². The molecule has 138 valence electrons. The Morgan fingerprint density at radius 2 is 2.00 bits per heavy atom. The van der Waals surface area contributed by atoms with E-state index in [4.69, 9.17) is 4.74 Å². The SMILES string of the molecule is CCc1ccc2c(c1)C(NC(=O)c1ccc(F)c(C)c1)C(O)C(C)(C)O2. The van der Waals surface area contributed by atoms with Crippen molar-refractivity contribution in [2.75, 3.05) is 0 Å². The molecule has 0 saturated carbocycles. The highest BCUT2D eigenvalue weighted by Gasteiger charge is 2.43. The van der Waals surface area contributed by atoms with Gasteiger partial charge in [-0.15, -0.1) is 0 Å². The molecule has 2 unspecified atom stereocenters. The molecule has 3 rings (SSSR count). The van der Waals surface area contributed by atoms with Gasteiger partial charge < -0.3 is 15.2 Å². The number of hydrogen-bond acceptors (Lipinski definition) is 3. The third kappa shape index (κ3) is 3.31. The molecule has 0 aliphatic carbocycles. The van der Waals surface area contributed by atoms with E-state index >= 15 is 0 Å². The second-order valence-electron chi connectivity index (χ2n) is 7.29. The Morgan fingerprint density at radius 1 is 1.27 bits per heavy atom. The van der Waals surface area contributed by atoms with Gasteiger partial charge in [-0.25, -0.2) is 4.39 Å². The predicted molar refractivity (Wildman–Crippen MR) is 97.9 cm³/mol. The maximum Gasteiger partial charge on any atom is 0.251 e. The van der Waals surface area contributed by atoms with Gasteiger partial charge in [0.15, 0.2) is 0 Å². The Bertz CT molecular complexity index is 847. The number of halogens is 1. The van der Waals surface area contributed by atoms with E-state index in [1.807, 2.05) is 25.1 Å². The van der Waals surface area contributed by atoms with Gasteiger partial charge in [0.05, 0.1) is 6.04 Å². The van der Waals surface area contributed by atoms with E-state index in [1.54, 1.807) is 20.8 Å². The van der Waals surface area contributed by atoms with Gasteiger partial charge in [-0.1, -0.05) is 13.0 Å². The predicted octanol–water partition coefficient (Wildman–Crippen LogP) is 3.70. The Morgan fingerprint density at radius 3 is 2.65 bits per heavy atom. The van der Waals surface area contributed by atoms with Gasteiger partial charge in [-0.05, 0) is 68.7 Å². The number of aliphatic hydroxyl groups excluding tert-OH is 1. The molecular weight excluding hydrogens is 333 g/mol. The first kappa shape index (κ1) is 18.4. The van der Waals surface area contributed by atoms with Gasteiger partial charge in [0.1, 0.15) is 23.3 Å². The lowest BCUT2D eigenvalue weighted by atomic mass is 9.85. The monoisotopic (exact) mass is 357 g/mol. The van der Waals surface area contributed by atoms with E-state index in [-0.39, 0.29) is 11.7 Å². The molecule has 1 amide bonds. The van der Waals surface area contributed by atoms with E-state index in [9.17, 15) is 14.3 Å². The lowest BCUT2D eigenvalue weighted by Gasteiger charge is -2.42. The van der Waals surface area contributed by atoms with Gasteiger partial charge in [0.2, 0.25) is 0 Å². The summed E-state index contributed by atoms with van der Waals surface area (Å²) in [7, 11) is 0. The van der Waals surface area contributed by atoms with Crippen LogP contribution in [0.15, 0.2) is 36.4 Å². The number of aryl methyl sites for hydroxylation is 2. The number of benzene rings is 2. The quantitative estimate of drug-likeness (QED) is 0.881. The van der Waals surface area contributed by atoms with Crippen LogP contribution in [0.1, 0.15) is 53.9 Å². The van der Waals surface area contributed by atoms with Crippen molar-refractivity contribution < 1.29 is 19.0 Å². The highest BCUT2D eigenvalue weighted by molar-refractivity contribution is 5.94. The number of nitrogens with one attached hydrogen (secondary N) is 1. The summed E-state index contributed by atoms with van der Waals surface area (Å²) in [4.78, 5) is 12.7. The molecule has 2 aromatic carbocycles. The summed E-state index contributed by atoms with van der Waals surface area (Å²) in [6, 6.07) is 9.42. The van der Waals surface area contributed by atoms with Crippen molar-refractivity contribution in [3.63, 3.8) is 0 Å². The minimum atomic E-state index is -0.924. The summed E-state index contributed by atoms with van der Waals surface area (Å²) < 4.78 is 19.4. The van der Waals surface area contributed by atoms with Crippen LogP contribution in [0.4, 0.5) is 4.39 Å². The largest absolute Gasteiger partial charge is 0.485 e. The average Bonchev–Trinajstić information content (AvgIpc) is 2.60. The summed E-state index contributed by atoms with van der Waals surface area (Å²) in [5.41, 5.74) is 1.75. The van der Waals surface area contributed by atoms with Gasteiger partial charge >= 0.3 is 0 Å². The summed E-state index contributed by atoms with van der Waals surface area (Å²) in [6.07, 6.45) is -0.0856. The minimum absolute atomic E-state index is 0.355. The number of ether oxygens (including phenoxy) is 1. The molecule has 0 spiro atoms. The number of rotatable bonds is 3.